The molecule has 5 rings (SSSR count). The van der Waals surface area contributed by atoms with Crippen LogP contribution in [0.3, 0.4) is 0 Å². The number of carbonyl (C=O) groups excluding carboxylic acids is 1. The van der Waals surface area contributed by atoms with E-state index in [1.807, 2.05) is 24.1 Å². The molecule has 8 atom stereocenters. The maximum atomic E-state index is 13.2. The number of Topliss-reactive ketones (excluding diaryl/α,β-unsaturated/α-hetero) is 1. The average Bonchev–Trinajstić information content (AvgIpc) is 3.34. The number of carbonyl (C=O) groups is 1. The number of ketones is 1. The van der Waals surface area contributed by atoms with Gasteiger partial charge in [0.1, 0.15) is 0 Å². The van der Waals surface area contributed by atoms with Crippen molar-refractivity contribution in [3.05, 3.63) is 18.5 Å². The van der Waals surface area contributed by atoms with Crippen molar-refractivity contribution >= 4 is 5.78 Å². The molecular weight excluding hydrogens is 360 g/mol. The average molecular weight is 399 g/mol. The fourth-order valence-corrected chi connectivity index (χ4v) is 8.53. The number of hydrogen-bond donors (Lipinski definition) is 0. The van der Waals surface area contributed by atoms with E-state index in [1.165, 1.54) is 51.4 Å². The lowest BCUT2D eigenvalue weighted by Crippen LogP contribution is -2.49. The summed E-state index contributed by atoms with van der Waals surface area (Å²) in [6, 6.07) is 1.91. The van der Waals surface area contributed by atoms with Crippen LogP contribution in [0.4, 0.5) is 0 Å². The van der Waals surface area contributed by atoms with E-state index in [4.69, 9.17) is 4.74 Å². The molecule has 1 aromatic heterocycles. The van der Waals surface area contributed by atoms with Crippen LogP contribution in [0, 0.1) is 46.8 Å². The SMILES string of the molecule is COC[C@H]1CC[C@H]2[C@@H](CC[C@@H]3[C@@H]2CC[C@]2(C)[C@@H](C(=O)Cn4cccn4)CC[C@@H]32)C1. The topological polar surface area (TPSA) is 44.1 Å². The first-order valence-electron chi connectivity index (χ1n) is 12.1. The second-order valence-electron chi connectivity index (χ2n) is 10.9. The van der Waals surface area contributed by atoms with E-state index >= 15 is 0 Å². The molecule has 4 saturated carbocycles. The van der Waals surface area contributed by atoms with Crippen molar-refractivity contribution in [2.24, 2.45) is 46.8 Å². The molecule has 0 aliphatic heterocycles. The van der Waals surface area contributed by atoms with Gasteiger partial charge in [-0.25, -0.2) is 0 Å². The Balaban J connectivity index is 1.28. The number of methoxy groups -OCH3 is 1. The number of rotatable bonds is 5. The molecule has 1 heterocycles. The second-order valence-corrected chi connectivity index (χ2v) is 10.9. The van der Waals surface area contributed by atoms with Gasteiger partial charge in [0.25, 0.3) is 0 Å². The minimum Gasteiger partial charge on any atom is -0.384 e. The number of hydrogen-bond acceptors (Lipinski definition) is 3. The largest absolute Gasteiger partial charge is 0.384 e. The summed E-state index contributed by atoms with van der Waals surface area (Å²) in [7, 11) is 1.86. The number of nitrogens with zero attached hydrogens (tertiary/aromatic N) is 2. The Morgan fingerprint density at radius 3 is 2.76 bits per heavy atom. The molecule has 4 nitrogen and oxygen atoms in total. The van der Waals surface area contributed by atoms with Gasteiger partial charge in [0.2, 0.25) is 0 Å². The molecule has 0 unspecified atom stereocenters. The van der Waals surface area contributed by atoms with Crippen molar-refractivity contribution in [1.29, 1.82) is 0 Å². The van der Waals surface area contributed by atoms with Gasteiger partial charge in [-0.1, -0.05) is 6.92 Å². The van der Waals surface area contributed by atoms with Crippen LogP contribution in [0.15, 0.2) is 18.5 Å². The molecule has 4 heteroatoms. The third kappa shape index (κ3) is 3.40. The normalized spacial score (nSPS) is 44.0. The Labute approximate surface area is 175 Å². The van der Waals surface area contributed by atoms with Crippen LogP contribution in [0.25, 0.3) is 0 Å². The first kappa shape index (κ1) is 19.8. The zero-order valence-corrected chi connectivity index (χ0v) is 18.3. The molecule has 0 bridgehead atoms. The molecule has 0 N–H and O–H groups in total. The van der Waals surface area contributed by atoms with Gasteiger partial charge in [-0.2, -0.15) is 5.10 Å². The monoisotopic (exact) mass is 398 g/mol. The van der Waals surface area contributed by atoms with Crippen molar-refractivity contribution in [3.8, 4) is 0 Å². The third-order valence-electron chi connectivity index (χ3n) is 9.73. The van der Waals surface area contributed by atoms with Gasteiger partial charge in [0, 0.05) is 32.0 Å². The highest BCUT2D eigenvalue weighted by Crippen LogP contribution is 2.64. The first-order valence-corrected chi connectivity index (χ1v) is 12.1. The van der Waals surface area contributed by atoms with E-state index in [-0.39, 0.29) is 11.3 Å². The highest BCUT2D eigenvalue weighted by Gasteiger charge is 2.58. The lowest BCUT2D eigenvalue weighted by atomic mass is 9.49. The molecule has 29 heavy (non-hydrogen) atoms. The molecule has 160 valence electrons. The summed E-state index contributed by atoms with van der Waals surface area (Å²) >= 11 is 0. The van der Waals surface area contributed by atoms with Crippen molar-refractivity contribution < 1.29 is 9.53 Å². The first-order chi connectivity index (χ1) is 14.1. The van der Waals surface area contributed by atoms with Gasteiger partial charge in [-0.05, 0) is 105 Å². The van der Waals surface area contributed by atoms with Crippen molar-refractivity contribution in [3.63, 3.8) is 0 Å². The third-order valence-corrected chi connectivity index (χ3v) is 9.73. The molecule has 0 radical (unpaired) electrons. The fourth-order valence-electron chi connectivity index (χ4n) is 8.53. The second kappa shape index (κ2) is 7.83. The maximum absolute atomic E-state index is 13.2. The smallest absolute Gasteiger partial charge is 0.157 e. The Morgan fingerprint density at radius 2 is 1.97 bits per heavy atom. The van der Waals surface area contributed by atoms with E-state index in [9.17, 15) is 4.79 Å². The van der Waals surface area contributed by atoms with Gasteiger partial charge in [0.15, 0.2) is 5.78 Å². The van der Waals surface area contributed by atoms with Crippen molar-refractivity contribution in [1.82, 2.24) is 9.78 Å². The predicted molar refractivity (Wildman–Crippen MR) is 113 cm³/mol. The minimum absolute atomic E-state index is 0.228. The lowest BCUT2D eigenvalue weighted by molar-refractivity contribution is -0.131. The van der Waals surface area contributed by atoms with E-state index in [1.54, 1.807) is 6.20 Å². The molecule has 0 amide bonds. The van der Waals surface area contributed by atoms with Crippen molar-refractivity contribution in [2.45, 2.75) is 71.3 Å². The summed E-state index contributed by atoms with van der Waals surface area (Å²) in [5.41, 5.74) is 0.228. The summed E-state index contributed by atoms with van der Waals surface area (Å²) in [6.45, 7) is 3.88. The minimum atomic E-state index is 0.228. The van der Waals surface area contributed by atoms with E-state index < -0.39 is 0 Å². The van der Waals surface area contributed by atoms with E-state index in [0.717, 1.165) is 48.5 Å². The zero-order valence-electron chi connectivity index (χ0n) is 18.3. The Bertz CT molecular complexity index is 716. The predicted octanol–water partition coefficient (Wildman–Crippen LogP) is 4.98. The zero-order chi connectivity index (χ0) is 20.0. The maximum Gasteiger partial charge on any atom is 0.157 e. The standard InChI is InChI=1S/C25H38N2O2/c1-25-11-10-20-19-6-4-17(16-29-2)14-18(19)5-7-21(20)22(25)8-9-23(25)24(28)15-27-13-3-12-26-27/h3,12-13,17-23H,4-11,14-16H2,1-2H3/t17-,18-,19-,20+,21+,22-,23+,25-/m0/s1. The highest BCUT2D eigenvalue weighted by atomic mass is 16.5. The van der Waals surface area contributed by atoms with Crippen LogP contribution in [-0.4, -0.2) is 29.3 Å². The van der Waals surface area contributed by atoms with Crippen molar-refractivity contribution in [2.75, 3.05) is 13.7 Å². The highest BCUT2D eigenvalue weighted by molar-refractivity contribution is 5.82. The van der Waals surface area contributed by atoms with E-state index in [0.29, 0.717) is 12.3 Å². The molecule has 4 fully saturated rings. The molecule has 0 aromatic carbocycles. The van der Waals surface area contributed by atoms with Crippen LogP contribution in [-0.2, 0) is 16.1 Å². The van der Waals surface area contributed by atoms with Crippen LogP contribution < -0.4 is 0 Å². The number of ether oxygens (including phenoxy) is 1. The summed E-state index contributed by atoms with van der Waals surface area (Å²) in [6.07, 6.45) is 15.7. The molecule has 1 aromatic rings. The van der Waals surface area contributed by atoms with Gasteiger partial charge < -0.3 is 4.74 Å². The van der Waals surface area contributed by atoms with Crippen LogP contribution >= 0.6 is 0 Å². The van der Waals surface area contributed by atoms with E-state index in [2.05, 4.69) is 12.0 Å². The molecule has 4 aliphatic rings. The summed E-state index contributed by atoms with van der Waals surface area (Å²) in [5, 5.41) is 4.27. The van der Waals surface area contributed by atoms with Gasteiger partial charge in [-0.3, -0.25) is 9.48 Å². The van der Waals surface area contributed by atoms with Crippen LogP contribution in [0.2, 0.25) is 0 Å². The molecule has 4 aliphatic carbocycles. The molecule has 0 saturated heterocycles. The number of aromatic nitrogens is 2. The molecule has 0 spiro atoms. The fraction of sp³-hybridized carbons (Fsp3) is 0.840. The summed E-state index contributed by atoms with van der Waals surface area (Å²) in [4.78, 5) is 13.2. The van der Waals surface area contributed by atoms with Gasteiger partial charge in [0.05, 0.1) is 6.54 Å². The summed E-state index contributed by atoms with van der Waals surface area (Å²) in [5.74, 6) is 5.91. The number of fused-ring (bicyclic) bond motifs is 5. The summed E-state index contributed by atoms with van der Waals surface area (Å²) < 4.78 is 7.28. The Kier molecular flexibility index (Phi) is 5.34. The van der Waals surface area contributed by atoms with Crippen LogP contribution in [0.5, 0.6) is 0 Å². The lowest BCUT2D eigenvalue weighted by Gasteiger charge is -2.56. The van der Waals surface area contributed by atoms with Crippen LogP contribution in [0.1, 0.15) is 64.7 Å². The Morgan fingerprint density at radius 1 is 1.10 bits per heavy atom. The Hall–Kier alpha value is -1.16. The van der Waals surface area contributed by atoms with Gasteiger partial charge in [-0.15, -0.1) is 0 Å². The van der Waals surface area contributed by atoms with Gasteiger partial charge >= 0.3 is 0 Å². The molecular formula is C25H38N2O2. The quantitative estimate of drug-likeness (QED) is 0.702.